The molecule has 0 bridgehead atoms. The Morgan fingerprint density at radius 1 is 1.53 bits per heavy atom. The fourth-order valence-corrected chi connectivity index (χ4v) is 2.48. The SMILES string of the molecule is COC(=O)Nc1nc2c(OC)ccc([NH+]([O-])O)c2s1. The van der Waals surface area contributed by atoms with E-state index in [4.69, 9.17) is 9.94 Å². The van der Waals surface area contributed by atoms with Crippen molar-refractivity contribution in [3.05, 3.63) is 17.3 Å². The third-order valence-corrected chi connectivity index (χ3v) is 3.36. The third kappa shape index (κ3) is 2.58. The van der Waals surface area contributed by atoms with Crippen LogP contribution >= 0.6 is 11.3 Å². The van der Waals surface area contributed by atoms with Crippen molar-refractivity contribution < 1.29 is 24.7 Å². The van der Waals surface area contributed by atoms with Crippen LogP contribution in [0, 0.1) is 5.21 Å². The summed E-state index contributed by atoms with van der Waals surface area (Å²) in [5, 5.41) is 21.8. The quantitative estimate of drug-likeness (QED) is 0.723. The maximum atomic E-state index is 11.1. The van der Waals surface area contributed by atoms with Gasteiger partial charge in [0.15, 0.2) is 10.8 Å². The Balaban J connectivity index is 2.54. The Labute approximate surface area is 111 Å². The van der Waals surface area contributed by atoms with Gasteiger partial charge in [-0.3, -0.25) is 5.32 Å². The van der Waals surface area contributed by atoms with E-state index in [1.54, 1.807) is 0 Å². The topological polar surface area (TPSA) is 108 Å². The number of amides is 1. The van der Waals surface area contributed by atoms with Crippen LogP contribution in [0.15, 0.2) is 12.1 Å². The number of ether oxygens (including phenoxy) is 2. The molecule has 3 N–H and O–H groups in total. The summed E-state index contributed by atoms with van der Waals surface area (Å²) in [6.07, 6.45) is -0.671. The highest BCUT2D eigenvalue weighted by atomic mass is 32.1. The first-order valence-electron chi connectivity index (χ1n) is 5.12. The normalized spacial score (nSPS) is 12.2. The van der Waals surface area contributed by atoms with Crippen molar-refractivity contribution in [2.75, 3.05) is 19.5 Å². The van der Waals surface area contributed by atoms with E-state index in [2.05, 4.69) is 15.0 Å². The molecular weight excluding hydrogens is 274 g/mol. The van der Waals surface area contributed by atoms with Gasteiger partial charge in [-0.2, -0.15) is 5.23 Å². The van der Waals surface area contributed by atoms with Gasteiger partial charge in [-0.05, 0) is 6.07 Å². The van der Waals surface area contributed by atoms with Gasteiger partial charge in [0, 0.05) is 6.07 Å². The zero-order valence-electron chi connectivity index (χ0n) is 10.1. The molecule has 2 aromatic rings. The average molecular weight is 285 g/mol. The van der Waals surface area contributed by atoms with Crippen molar-refractivity contribution in [1.82, 2.24) is 4.98 Å². The number of nitrogens with one attached hydrogen (secondary N) is 2. The second-order valence-electron chi connectivity index (χ2n) is 3.43. The first-order valence-corrected chi connectivity index (χ1v) is 5.94. The molecule has 8 nitrogen and oxygen atoms in total. The molecule has 102 valence electrons. The average Bonchev–Trinajstić information content (AvgIpc) is 2.80. The standard InChI is InChI=1S/C10H11N3O5S/c1-17-6-4-3-5(13(15)16)8-7(6)11-9(19-8)12-10(14)18-2/h3-4,13,15H,1-2H3,(H,11,12,14). The van der Waals surface area contributed by atoms with Crippen LogP contribution in [0.3, 0.4) is 0 Å². The molecular formula is C10H11N3O5S. The summed E-state index contributed by atoms with van der Waals surface area (Å²) >= 11 is 1.04. The summed E-state index contributed by atoms with van der Waals surface area (Å²) in [5.41, 5.74) is 0.491. The molecule has 0 saturated carbocycles. The summed E-state index contributed by atoms with van der Waals surface area (Å²) in [5.74, 6) is 0.439. The zero-order chi connectivity index (χ0) is 14.0. The summed E-state index contributed by atoms with van der Waals surface area (Å²) < 4.78 is 10.00. The van der Waals surface area contributed by atoms with Crippen LogP contribution in [0.1, 0.15) is 0 Å². The first kappa shape index (κ1) is 13.5. The molecule has 1 aromatic heterocycles. The molecule has 0 spiro atoms. The summed E-state index contributed by atoms with van der Waals surface area (Å²) in [6, 6.07) is 2.96. The van der Waals surface area contributed by atoms with Crippen molar-refractivity contribution in [1.29, 1.82) is 0 Å². The lowest BCUT2D eigenvalue weighted by atomic mass is 10.3. The molecule has 0 aliphatic heterocycles. The van der Waals surface area contributed by atoms with Crippen molar-refractivity contribution in [3.8, 4) is 5.75 Å². The van der Waals surface area contributed by atoms with E-state index in [0.717, 1.165) is 11.3 Å². The van der Waals surface area contributed by atoms with Gasteiger partial charge < -0.3 is 14.7 Å². The number of carbonyl (C=O) groups excluding carboxylic acids is 1. The van der Waals surface area contributed by atoms with Gasteiger partial charge in [-0.15, -0.1) is 0 Å². The third-order valence-electron chi connectivity index (χ3n) is 2.35. The molecule has 0 fully saturated rings. The van der Waals surface area contributed by atoms with Crippen LogP contribution in [0.4, 0.5) is 15.6 Å². The largest absolute Gasteiger partial charge is 0.595 e. The zero-order valence-corrected chi connectivity index (χ0v) is 10.9. The van der Waals surface area contributed by atoms with E-state index < -0.39 is 11.3 Å². The highest BCUT2D eigenvalue weighted by molar-refractivity contribution is 7.22. The lowest BCUT2D eigenvalue weighted by molar-refractivity contribution is -0.990. The number of carbonyl (C=O) groups is 1. The van der Waals surface area contributed by atoms with Gasteiger partial charge in [0.05, 0.1) is 14.2 Å². The van der Waals surface area contributed by atoms with Crippen LogP contribution in [0.25, 0.3) is 10.2 Å². The second-order valence-corrected chi connectivity index (χ2v) is 4.43. The van der Waals surface area contributed by atoms with Gasteiger partial charge >= 0.3 is 6.09 Å². The number of anilines is 1. The maximum absolute atomic E-state index is 11.1. The molecule has 1 heterocycles. The molecule has 1 unspecified atom stereocenters. The first-order chi connectivity index (χ1) is 9.06. The van der Waals surface area contributed by atoms with Crippen molar-refractivity contribution in [2.45, 2.75) is 0 Å². The van der Waals surface area contributed by atoms with E-state index in [0.29, 0.717) is 16.0 Å². The minimum atomic E-state index is -1.07. The van der Waals surface area contributed by atoms with E-state index in [1.807, 2.05) is 0 Å². The lowest BCUT2D eigenvalue weighted by Gasteiger charge is -2.12. The highest BCUT2D eigenvalue weighted by Gasteiger charge is 2.18. The van der Waals surface area contributed by atoms with E-state index in [9.17, 15) is 10.0 Å². The van der Waals surface area contributed by atoms with Crippen molar-refractivity contribution >= 4 is 38.5 Å². The number of aromatic nitrogens is 1. The van der Waals surface area contributed by atoms with Gasteiger partial charge in [0.1, 0.15) is 16.0 Å². The fourth-order valence-electron chi connectivity index (χ4n) is 1.51. The molecule has 1 amide bonds. The number of rotatable bonds is 3. The van der Waals surface area contributed by atoms with Gasteiger partial charge in [-0.1, -0.05) is 11.3 Å². The number of hydrogen-bond acceptors (Lipinski definition) is 7. The van der Waals surface area contributed by atoms with Crippen molar-refractivity contribution in [2.24, 2.45) is 0 Å². The van der Waals surface area contributed by atoms with Crippen LogP contribution in [0.2, 0.25) is 0 Å². The summed E-state index contributed by atoms with van der Waals surface area (Å²) in [6.45, 7) is 0. The Bertz CT molecular complexity index is 612. The van der Waals surface area contributed by atoms with Crippen LogP contribution < -0.4 is 15.3 Å². The van der Waals surface area contributed by atoms with Crippen molar-refractivity contribution in [3.63, 3.8) is 0 Å². The van der Waals surface area contributed by atoms with E-state index in [-0.39, 0.29) is 10.8 Å². The number of hydrogen-bond donors (Lipinski definition) is 3. The molecule has 0 radical (unpaired) electrons. The number of benzene rings is 1. The lowest BCUT2D eigenvalue weighted by Crippen LogP contribution is -2.99. The highest BCUT2D eigenvalue weighted by Crippen LogP contribution is 2.36. The van der Waals surface area contributed by atoms with Gasteiger partial charge in [0.2, 0.25) is 0 Å². The predicted molar refractivity (Wildman–Crippen MR) is 68.0 cm³/mol. The minimum absolute atomic E-state index is 0.103. The number of methoxy groups -OCH3 is 2. The predicted octanol–water partition coefficient (Wildman–Crippen LogP) is 0.887. The Kier molecular flexibility index (Phi) is 3.81. The van der Waals surface area contributed by atoms with E-state index >= 15 is 0 Å². The molecule has 0 saturated heterocycles. The number of thiazole rings is 1. The van der Waals surface area contributed by atoms with Crippen LogP contribution in [-0.4, -0.2) is 30.5 Å². The Morgan fingerprint density at radius 2 is 2.26 bits per heavy atom. The van der Waals surface area contributed by atoms with Crippen LogP contribution in [0.5, 0.6) is 5.75 Å². The molecule has 0 aliphatic carbocycles. The Hall–Kier alpha value is -1.94. The molecule has 19 heavy (non-hydrogen) atoms. The minimum Gasteiger partial charge on any atom is -0.595 e. The maximum Gasteiger partial charge on any atom is 0.413 e. The Morgan fingerprint density at radius 3 is 2.84 bits per heavy atom. The van der Waals surface area contributed by atoms with Crippen LogP contribution in [-0.2, 0) is 4.74 Å². The molecule has 9 heteroatoms. The fraction of sp³-hybridized carbons (Fsp3) is 0.200. The molecule has 2 rings (SSSR count). The summed E-state index contributed by atoms with van der Waals surface area (Å²) in [7, 11) is 2.69. The second kappa shape index (κ2) is 5.36. The molecule has 1 atom stereocenters. The molecule has 1 aromatic carbocycles. The molecule has 0 aliphatic rings. The monoisotopic (exact) mass is 285 g/mol. The number of nitrogens with zero attached hydrogens (tertiary/aromatic N) is 1. The van der Waals surface area contributed by atoms with Gasteiger partial charge in [0.25, 0.3) is 0 Å². The smallest absolute Gasteiger partial charge is 0.413 e. The summed E-state index contributed by atoms with van der Waals surface area (Å²) in [4.78, 5) is 15.2. The number of fused-ring (bicyclic) bond motifs is 1. The van der Waals surface area contributed by atoms with Gasteiger partial charge in [-0.25, -0.2) is 15.0 Å². The number of quaternary nitrogens is 1. The van der Waals surface area contributed by atoms with E-state index in [1.165, 1.54) is 26.4 Å².